The van der Waals surface area contributed by atoms with E-state index in [-0.39, 0.29) is 18.1 Å². The van der Waals surface area contributed by atoms with Crippen LogP contribution in [0.2, 0.25) is 5.02 Å². The van der Waals surface area contributed by atoms with Gasteiger partial charge in [0.15, 0.2) is 0 Å². The normalized spacial score (nSPS) is 13.6. The van der Waals surface area contributed by atoms with E-state index in [2.05, 4.69) is 5.32 Å². The molecule has 0 saturated carbocycles. The van der Waals surface area contributed by atoms with Gasteiger partial charge in [0.2, 0.25) is 5.91 Å². The number of amides is 1. The number of benzene rings is 1. The molecule has 0 heterocycles. The van der Waals surface area contributed by atoms with E-state index in [4.69, 9.17) is 22.1 Å². The Balaban J connectivity index is 2.40. The van der Waals surface area contributed by atoms with Gasteiger partial charge in [-0.15, -0.1) is 0 Å². The predicted molar refractivity (Wildman–Crippen MR) is 82.1 cm³/mol. The minimum atomic E-state index is -0.0888. The number of hydrogen-bond acceptors (Lipinski definition) is 3. The van der Waals surface area contributed by atoms with E-state index in [1.165, 1.54) is 0 Å². The zero-order chi connectivity index (χ0) is 15.0. The first-order chi connectivity index (χ1) is 9.52. The quantitative estimate of drug-likeness (QED) is 0.775. The van der Waals surface area contributed by atoms with E-state index in [0.717, 1.165) is 6.42 Å². The zero-order valence-electron chi connectivity index (χ0n) is 12.1. The van der Waals surface area contributed by atoms with Crippen LogP contribution in [0.4, 0.5) is 0 Å². The molecular weight excluding hydrogens is 276 g/mol. The summed E-state index contributed by atoms with van der Waals surface area (Å²) < 4.78 is 5.80. The molecule has 0 aliphatic carbocycles. The summed E-state index contributed by atoms with van der Waals surface area (Å²) >= 11 is 6.05. The summed E-state index contributed by atoms with van der Waals surface area (Å²) in [5.41, 5.74) is 5.62. The van der Waals surface area contributed by atoms with Crippen molar-refractivity contribution >= 4 is 17.5 Å². The van der Waals surface area contributed by atoms with Crippen molar-refractivity contribution in [2.75, 3.05) is 6.54 Å². The van der Waals surface area contributed by atoms with Gasteiger partial charge in [0, 0.05) is 12.5 Å². The second-order valence-electron chi connectivity index (χ2n) is 4.90. The first kappa shape index (κ1) is 16.8. The largest absolute Gasteiger partial charge is 0.487 e. The fourth-order valence-electron chi connectivity index (χ4n) is 1.66. The van der Waals surface area contributed by atoms with Gasteiger partial charge in [0.1, 0.15) is 11.9 Å². The summed E-state index contributed by atoms with van der Waals surface area (Å²) in [5.74, 6) is 0.648. The van der Waals surface area contributed by atoms with E-state index in [9.17, 15) is 4.79 Å². The van der Waals surface area contributed by atoms with Crippen molar-refractivity contribution in [1.29, 1.82) is 0 Å². The maximum Gasteiger partial charge on any atom is 0.220 e. The number of rotatable bonds is 8. The molecule has 2 unspecified atom stereocenters. The molecule has 0 aliphatic heterocycles. The smallest absolute Gasteiger partial charge is 0.220 e. The highest BCUT2D eigenvalue weighted by Crippen LogP contribution is 2.24. The Bertz CT molecular complexity index is 424. The lowest BCUT2D eigenvalue weighted by Crippen LogP contribution is -2.35. The number of hydrogen-bond donors (Lipinski definition) is 2. The maximum absolute atomic E-state index is 11.6. The lowest BCUT2D eigenvalue weighted by atomic mass is 10.2. The fourth-order valence-corrected chi connectivity index (χ4v) is 1.84. The predicted octanol–water partition coefficient (Wildman–Crippen LogP) is 2.74. The van der Waals surface area contributed by atoms with Crippen molar-refractivity contribution in [3.05, 3.63) is 29.3 Å². The highest BCUT2D eigenvalue weighted by Gasteiger charge is 2.12. The lowest BCUT2D eigenvalue weighted by Gasteiger charge is -2.19. The molecule has 1 amide bonds. The van der Waals surface area contributed by atoms with Gasteiger partial charge >= 0.3 is 0 Å². The molecule has 0 bridgehead atoms. The highest BCUT2D eigenvalue weighted by atomic mass is 35.5. The van der Waals surface area contributed by atoms with Crippen molar-refractivity contribution in [3.8, 4) is 5.75 Å². The Morgan fingerprint density at radius 3 is 2.75 bits per heavy atom. The fraction of sp³-hybridized carbons (Fsp3) is 0.533. The minimum absolute atomic E-state index is 0.00325. The van der Waals surface area contributed by atoms with Crippen LogP contribution in [0.25, 0.3) is 0 Å². The number of para-hydroxylation sites is 1. The molecule has 0 fully saturated rings. The number of carbonyl (C=O) groups excluding carboxylic acids is 1. The maximum atomic E-state index is 11.6. The van der Waals surface area contributed by atoms with E-state index in [1.54, 1.807) is 6.07 Å². The number of halogens is 1. The molecule has 0 spiro atoms. The molecule has 0 saturated heterocycles. The Hall–Kier alpha value is -1.26. The molecule has 4 nitrogen and oxygen atoms in total. The van der Waals surface area contributed by atoms with Crippen LogP contribution in [-0.4, -0.2) is 24.6 Å². The number of nitrogens with two attached hydrogens (primary N) is 1. The van der Waals surface area contributed by atoms with Crippen molar-refractivity contribution < 1.29 is 9.53 Å². The molecule has 0 radical (unpaired) electrons. The van der Waals surface area contributed by atoms with Crippen molar-refractivity contribution in [2.45, 2.75) is 45.3 Å². The second-order valence-corrected chi connectivity index (χ2v) is 5.31. The van der Waals surface area contributed by atoms with Gasteiger partial charge in [-0.05, 0) is 31.9 Å². The van der Waals surface area contributed by atoms with Gasteiger partial charge in [0.25, 0.3) is 0 Å². The first-order valence-corrected chi connectivity index (χ1v) is 7.34. The third kappa shape index (κ3) is 6.26. The van der Waals surface area contributed by atoms with E-state index in [0.29, 0.717) is 30.2 Å². The van der Waals surface area contributed by atoms with Crippen LogP contribution in [0.15, 0.2) is 24.3 Å². The molecule has 1 aromatic rings. The molecule has 20 heavy (non-hydrogen) atoms. The van der Waals surface area contributed by atoms with Gasteiger partial charge in [0.05, 0.1) is 11.6 Å². The number of carbonyl (C=O) groups is 1. The summed E-state index contributed by atoms with van der Waals surface area (Å²) in [4.78, 5) is 11.6. The van der Waals surface area contributed by atoms with Crippen LogP contribution in [0.1, 0.15) is 33.1 Å². The summed E-state index contributed by atoms with van der Waals surface area (Å²) in [6.45, 7) is 4.37. The van der Waals surface area contributed by atoms with Crippen LogP contribution in [0, 0.1) is 0 Å². The summed E-state index contributed by atoms with van der Waals surface area (Å²) in [5, 5.41) is 3.44. The van der Waals surface area contributed by atoms with Crippen molar-refractivity contribution in [2.24, 2.45) is 5.73 Å². The summed E-state index contributed by atoms with van der Waals surface area (Å²) in [6.07, 6.45) is 1.83. The molecule has 3 N–H and O–H groups in total. The third-order valence-electron chi connectivity index (χ3n) is 2.94. The van der Waals surface area contributed by atoms with Crippen LogP contribution >= 0.6 is 11.6 Å². The molecule has 112 valence electrons. The highest BCUT2D eigenvalue weighted by molar-refractivity contribution is 6.32. The van der Waals surface area contributed by atoms with Gasteiger partial charge in [-0.3, -0.25) is 4.79 Å². The van der Waals surface area contributed by atoms with E-state index >= 15 is 0 Å². The van der Waals surface area contributed by atoms with Crippen LogP contribution < -0.4 is 15.8 Å². The van der Waals surface area contributed by atoms with Crippen LogP contribution in [0.3, 0.4) is 0 Å². The molecule has 0 aliphatic rings. The first-order valence-electron chi connectivity index (χ1n) is 6.96. The monoisotopic (exact) mass is 298 g/mol. The van der Waals surface area contributed by atoms with Gasteiger partial charge < -0.3 is 15.8 Å². The second kappa shape index (κ2) is 8.82. The molecule has 1 aromatic carbocycles. The Morgan fingerprint density at radius 1 is 1.45 bits per heavy atom. The van der Waals surface area contributed by atoms with E-state index in [1.807, 2.05) is 32.0 Å². The zero-order valence-corrected chi connectivity index (χ0v) is 12.8. The van der Waals surface area contributed by atoms with E-state index < -0.39 is 0 Å². The Morgan fingerprint density at radius 2 is 2.15 bits per heavy atom. The number of ether oxygens (including phenoxy) is 1. The average Bonchev–Trinajstić information content (AvgIpc) is 2.43. The Kier molecular flexibility index (Phi) is 7.41. The number of nitrogens with one attached hydrogen (secondary N) is 1. The molecular formula is C15H23ClN2O2. The molecule has 5 heteroatoms. The average molecular weight is 299 g/mol. The van der Waals surface area contributed by atoms with Gasteiger partial charge in [-0.2, -0.15) is 0 Å². The summed E-state index contributed by atoms with van der Waals surface area (Å²) in [7, 11) is 0. The Labute approximate surface area is 125 Å². The standard InChI is InChI=1S/C15H23ClN2O2/c1-3-12(10-18-15(19)9-8-11(2)17)20-14-7-5-4-6-13(14)16/h4-7,11-12H,3,8-10,17H2,1-2H3,(H,18,19). The SMILES string of the molecule is CCC(CNC(=O)CCC(C)N)Oc1ccccc1Cl. The van der Waals surface area contributed by atoms with Crippen molar-refractivity contribution in [3.63, 3.8) is 0 Å². The topological polar surface area (TPSA) is 64.4 Å². The summed E-state index contributed by atoms with van der Waals surface area (Å²) in [6, 6.07) is 7.37. The van der Waals surface area contributed by atoms with Crippen molar-refractivity contribution in [1.82, 2.24) is 5.32 Å². The van der Waals surface area contributed by atoms with Gasteiger partial charge in [-0.25, -0.2) is 0 Å². The van der Waals surface area contributed by atoms with Crippen LogP contribution in [-0.2, 0) is 4.79 Å². The van der Waals surface area contributed by atoms with Crippen LogP contribution in [0.5, 0.6) is 5.75 Å². The molecule has 2 atom stereocenters. The van der Waals surface area contributed by atoms with Gasteiger partial charge in [-0.1, -0.05) is 30.7 Å². The molecule has 1 rings (SSSR count). The molecule has 0 aromatic heterocycles. The third-order valence-corrected chi connectivity index (χ3v) is 3.25. The minimum Gasteiger partial charge on any atom is -0.487 e. The lowest BCUT2D eigenvalue weighted by molar-refractivity contribution is -0.121.